The Labute approximate surface area is 141 Å². The normalized spacial score (nSPS) is 22.9. The van der Waals surface area contributed by atoms with Crippen molar-refractivity contribution in [2.45, 2.75) is 31.4 Å². The van der Waals surface area contributed by atoms with E-state index >= 15 is 0 Å². The van der Waals surface area contributed by atoms with Crippen LogP contribution in [0.15, 0.2) is 48.7 Å². The first-order valence-corrected chi connectivity index (χ1v) is 8.43. The first-order chi connectivity index (χ1) is 11.8. The van der Waals surface area contributed by atoms with Crippen molar-refractivity contribution in [3.05, 3.63) is 54.2 Å². The molecule has 4 rings (SSSR count). The Balaban J connectivity index is 1.47. The minimum absolute atomic E-state index is 0.0361. The van der Waals surface area contributed by atoms with Gasteiger partial charge in [-0.15, -0.1) is 0 Å². The van der Waals surface area contributed by atoms with E-state index in [1.54, 1.807) is 18.3 Å². The first kappa shape index (κ1) is 15.1. The van der Waals surface area contributed by atoms with Crippen molar-refractivity contribution in [1.29, 1.82) is 0 Å². The van der Waals surface area contributed by atoms with Gasteiger partial charge in [0.05, 0.1) is 24.3 Å². The summed E-state index contributed by atoms with van der Waals surface area (Å²) in [5.74, 6) is 1.25. The van der Waals surface area contributed by atoms with Crippen LogP contribution in [-0.4, -0.2) is 41.1 Å². The van der Waals surface area contributed by atoms with Gasteiger partial charge in [-0.2, -0.15) is 0 Å². The molecular formula is C19H20N2O3. The van der Waals surface area contributed by atoms with Gasteiger partial charge in [-0.05, 0) is 37.5 Å². The molecule has 0 N–H and O–H groups in total. The minimum atomic E-state index is 0.0361. The number of morpholine rings is 1. The van der Waals surface area contributed by atoms with Crippen LogP contribution in [0.5, 0.6) is 11.6 Å². The van der Waals surface area contributed by atoms with Crippen molar-refractivity contribution in [2.24, 2.45) is 0 Å². The second-order valence-electron chi connectivity index (χ2n) is 6.21. The second kappa shape index (κ2) is 6.61. The highest BCUT2D eigenvalue weighted by atomic mass is 16.5. The number of hydrogen-bond donors (Lipinski definition) is 0. The first-order valence-electron chi connectivity index (χ1n) is 8.43. The molecule has 1 amide bonds. The zero-order chi connectivity index (χ0) is 16.4. The van der Waals surface area contributed by atoms with E-state index in [1.165, 1.54) is 0 Å². The topological polar surface area (TPSA) is 51.7 Å². The number of rotatable bonds is 3. The molecule has 2 heterocycles. The van der Waals surface area contributed by atoms with Gasteiger partial charge in [0.25, 0.3) is 5.91 Å². The molecule has 5 nitrogen and oxygen atoms in total. The molecule has 0 spiro atoms. The summed E-state index contributed by atoms with van der Waals surface area (Å²) in [7, 11) is 0. The van der Waals surface area contributed by atoms with Gasteiger partial charge in [0.1, 0.15) is 5.75 Å². The van der Waals surface area contributed by atoms with E-state index in [0.29, 0.717) is 24.6 Å². The molecule has 1 aromatic heterocycles. The lowest BCUT2D eigenvalue weighted by molar-refractivity contribution is -0.0445. The zero-order valence-electron chi connectivity index (χ0n) is 13.4. The third-order valence-electron chi connectivity index (χ3n) is 4.69. The van der Waals surface area contributed by atoms with E-state index < -0.39 is 0 Å². The molecule has 0 bridgehead atoms. The van der Waals surface area contributed by atoms with Gasteiger partial charge in [-0.1, -0.05) is 18.2 Å². The fourth-order valence-corrected chi connectivity index (χ4v) is 3.52. The van der Waals surface area contributed by atoms with Crippen LogP contribution >= 0.6 is 0 Å². The Morgan fingerprint density at radius 1 is 1.17 bits per heavy atom. The smallest absolute Gasteiger partial charge is 0.255 e. The highest BCUT2D eigenvalue weighted by molar-refractivity contribution is 5.94. The molecule has 1 saturated heterocycles. The number of pyridine rings is 1. The summed E-state index contributed by atoms with van der Waals surface area (Å²) in [6.07, 6.45) is 5.01. The molecule has 1 aromatic carbocycles. The molecule has 0 unspecified atom stereocenters. The van der Waals surface area contributed by atoms with Crippen LogP contribution in [0.25, 0.3) is 0 Å². The summed E-state index contributed by atoms with van der Waals surface area (Å²) in [6.45, 7) is 1.28. The van der Waals surface area contributed by atoms with Crippen molar-refractivity contribution in [2.75, 3.05) is 13.2 Å². The van der Waals surface area contributed by atoms with Gasteiger partial charge in [-0.25, -0.2) is 4.98 Å². The summed E-state index contributed by atoms with van der Waals surface area (Å²) >= 11 is 0. The van der Waals surface area contributed by atoms with E-state index in [2.05, 4.69) is 4.98 Å². The fraction of sp³-hybridized carbons (Fsp3) is 0.368. The SMILES string of the molecule is O=C(c1ccc(Oc2ccccc2)nc1)N1CCO[C@H]2CCC[C@H]21. The quantitative estimate of drug-likeness (QED) is 0.869. The van der Waals surface area contributed by atoms with Crippen LogP contribution in [-0.2, 0) is 4.74 Å². The molecule has 5 heteroatoms. The summed E-state index contributed by atoms with van der Waals surface area (Å²) < 4.78 is 11.4. The number of carbonyl (C=O) groups is 1. The number of aromatic nitrogens is 1. The molecule has 2 aliphatic rings. The van der Waals surface area contributed by atoms with E-state index in [9.17, 15) is 4.79 Å². The monoisotopic (exact) mass is 324 g/mol. The highest BCUT2D eigenvalue weighted by Crippen LogP contribution is 2.30. The summed E-state index contributed by atoms with van der Waals surface area (Å²) in [6, 6.07) is 13.2. The van der Waals surface area contributed by atoms with Gasteiger partial charge < -0.3 is 14.4 Å². The second-order valence-corrected chi connectivity index (χ2v) is 6.21. The van der Waals surface area contributed by atoms with Crippen molar-refractivity contribution in [3.63, 3.8) is 0 Å². The van der Waals surface area contributed by atoms with Crippen LogP contribution < -0.4 is 4.74 Å². The maximum Gasteiger partial charge on any atom is 0.255 e. The van der Waals surface area contributed by atoms with Crippen LogP contribution in [0.2, 0.25) is 0 Å². The Kier molecular flexibility index (Phi) is 4.17. The maximum absolute atomic E-state index is 12.8. The Bertz CT molecular complexity index is 702. The average molecular weight is 324 g/mol. The van der Waals surface area contributed by atoms with Crippen LogP contribution in [0, 0.1) is 0 Å². The lowest BCUT2D eigenvalue weighted by atomic mass is 10.1. The summed E-state index contributed by atoms with van der Waals surface area (Å²) in [5.41, 5.74) is 0.600. The number of hydrogen-bond acceptors (Lipinski definition) is 4. The Hall–Kier alpha value is -2.40. The summed E-state index contributed by atoms with van der Waals surface area (Å²) in [5, 5.41) is 0. The van der Waals surface area contributed by atoms with Gasteiger partial charge in [0.2, 0.25) is 5.88 Å². The van der Waals surface area contributed by atoms with Crippen LogP contribution in [0.1, 0.15) is 29.6 Å². The highest BCUT2D eigenvalue weighted by Gasteiger charge is 2.38. The molecule has 1 aliphatic heterocycles. The predicted molar refractivity (Wildman–Crippen MR) is 89.2 cm³/mol. The maximum atomic E-state index is 12.8. The van der Waals surface area contributed by atoms with E-state index in [4.69, 9.17) is 9.47 Å². The zero-order valence-corrected chi connectivity index (χ0v) is 13.4. The minimum Gasteiger partial charge on any atom is -0.439 e. The van der Waals surface area contributed by atoms with Crippen LogP contribution in [0.3, 0.4) is 0 Å². The van der Waals surface area contributed by atoms with Gasteiger partial charge >= 0.3 is 0 Å². The number of carbonyl (C=O) groups excluding carboxylic acids is 1. The molecule has 2 aromatic rings. The van der Waals surface area contributed by atoms with Crippen molar-refractivity contribution >= 4 is 5.91 Å². The molecule has 24 heavy (non-hydrogen) atoms. The molecule has 2 fully saturated rings. The third-order valence-corrected chi connectivity index (χ3v) is 4.69. The van der Waals surface area contributed by atoms with Crippen molar-refractivity contribution < 1.29 is 14.3 Å². The molecule has 2 atom stereocenters. The number of benzene rings is 1. The average Bonchev–Trinajstić information content (AvgIpc) is 3.11. The standard InChI is InChI=1S/C19H20N2O3/c22-19(21-11-12-23-17-8-4-7-16(17)21)14-9-10-18(20-13-14)24-15-5-2-1-3-6-15/h1-3,5-6,9-10,13,16-17H,4,7-8,11-12H2/t16-,17+/m1/s1. The van der Waals surface area contributed by atoms with Gasteiger partial charge in [-0.3, -0.25) is 4.79 Å². The number of nitrogens with zero attached hydrogens (tertiary/aromatic N) is 2. The van der Waals surface area contributed by atoms with E-state index in [0.717, 1.165) is 25.0 Å². The van der Waals surface area contributed by atoms with E-state index in [1.807, 2.05) is 35.2 Å². The van der Waals surface area contributed by atoms with Crippen molar-refractivity contribution in [3.8, 4) is 11.6 Å². The summed E-state index contributed by atoms with van der Waals surface area (Å²) in [4.78, 5) is 19.0. The number of ether oxygens (including phenoxy) is 2. The molecule has 124 valence electrons. The van der Waals surface area contributed by atoms with Crippen LogP contribution in [0.4, 0.5) is 0 Å². The molecule has 1 saturated carbocycles. The Morgan fingerprint density at radius 3 is 2.83 bits per heavy atom. The van der Waals surface area contributed by atoms with E-state index in [-0.39, 0.29) is 18.1 Å². The lowest BCUT2D eigenvalue weighted by Crippen LogP contribution is -2.51. The number of para-hydroxylation sites is 1. The molecular weight excluding hydrogens is 304 g/mol. The Morgan fingerprint density at radius 2 is 2.04 bits per heavy atom. The third kappa shape index (κ3) is 2.99. The molecule has 0 radical (unpaired) electrons. The largest absolute Gasteiger partial charge is 0.439 e. The number of amides is 1. The van der Waals surface area contributed by atoms with Gasteiger partial charge in [0, 0.05) is 18.8 Å². The van der Waals surface area contributed by atoms with Crippen molar-refractivity contribution in [1.82, 2.24) is 9.88 Å². The lowest BCUT2D eigenvalue weighted by Gasteiger charge is -2.37. The molecule has 1 aliphatic carbocycles. The number of fused-ring (bicyclic) bond motifs is 1. The fourth-order valence-electron chi connectivity index (χ4n) is 3.52. The predicted octanol–water partition coefficient (Wildman–Crippen LogP) is 3.27. The van der Waals surface area contributed by atoms with Gasteiger partial charge in [0.15, 0.2) is 0 Å².